The Morgan fingerprint density at radius 1 is 1.50 bits per heavy atom. The predicted molar refractivity (Wildman–Crippen MR) is 70.5 cm³/mol. The summed E-state index contributed by atoms with van der Waals surface area (Å²) in [6, 6.07) is 0. The third-order valence-corrected chi connectivity index (χ3v) is 4.82. The quantitative estimate of drug-likeness (QED) is 0.856. The monoisotopic (exact) mass is 317 g/mol. The van der Waals surface area contributed by atoms with Crippen molar-refractivity contribution >= 4 is 5.91 Å². The molecule has 2 aliphatic rings. The number of nitrogens with two attached hydrogens (primary N) is 1. The Labute approximate surface area is 125 Å². The number of carbonyl (C=O) groups is 1. The molecule has 1 aromatic rings. The first kappa shape index (κ1) is 15.3. The standard InChI is InChI=1S/C13H18F3N5O/c1-21-10(13(14,15)16)9(19-20-21)4-8-6-12(8)5-7(11(17)22)2-3-18-12/h7-8,18H,2-6H2,1H3,(H2,17,22). The van der Waals surface area contributed by atoms with Crippen LogP contribution in [0.25, 0.3) is 0 Å². The molecule has 1 aliphatic heterocycles. The number of hydrogen-bond donors (Lipinski definition) is 2. The van der Waals surface area contributed by atoms with Crippen LogP contribution in [0, 0.1) is 11.8 Å². The summed E-state index contributed by atoms with van der Waals surface area (Å²) in [5.74, 6) is -0.496. The largest absolute Gasteiger partial charge is 0.434 e. The topological polar surface area (TPSA) is 85.8 Å². The van der Waals surface area contributed by atoms with Crippen molar-refractivity contribution < 1.29 is 18.0 Å². The summed E-state index contributed by atoms with van der Waals surface area (Å²) in [6.45, 7) is 0.663. The highest BCUT2D eigenvalue weighted by Crippen LogP contribution is 2.52. The molecule has 3 unspecified atom stereocenters. The SMILES string of the molecule is Cn1nnc(CC2CC23CC(C(N)=O)CCN3)c1C(F)(F)F. The number of amides is 1. The van der Waals surface area contributed by atoms with Gasteiger partial charge < -0.3 is 11.1 Å². The van der Waals surface area contributed by atoms with E-state index in [2.05, 4.69) is 15.6 Å². The Morgan fingerprint density at radius 2 is 2.23 bits per heavy atom. The predicted octanol–water partition coefficient (Wildman–Crippen LogP) is 0.620. The first-order valence-corrected chi connectivity index (χ1v) is 7.23. The lowest BCUT2D eigenvalue weighted by Crippen LogP contribution is -2.45. The Hall–Kier alpha value is -1.64. The molecule has 2 heterocycles. The lowest BCUT2D eigenvalue weighted by Gasteiger charge is -2.30. The van der Waals surface area contributed by atoms with Crippen LogP contribution in [0.1, 0.15) is 30.7 Å². The highest BCUT2D eigenvalue weighted by atomic mass is 19.4. The van der Waals surface area contributed by atoms with Crippen molar-refractivity contribution in [1.82, 2.24) is 20.3 Å². The molecule has 1 aromatic heterocycles. The number of aromatic nitrogens is 3. The Balaban J connectivity index is 1.73. The molecule has 1 saturated heterocycles. The summed E-state index contributed by atoms with van der Waals surface area (Å²) in [4.78, 5) is 11.3. The van der Waals surface area contributed by atoms with Gasteiger partial charge in [-0.2, -0.15) is 13.2 Å². The maximum Gasteiger partial charge on any atom is 0.434 e. The third kappa shape index (κ3) is 2.57. The number of nitrogens with zero attached hydrogens (tertiary/aromatic N) is 3. The second kappa shape index (κ2) is 4.94. The van der Waals surface area contributed by atoms with Crippen molar-refractivity contribution in [2.45, 2.75) is 37.4 Å². The van der Waals surface area contributed by atoms with E-state index in [1.165, 1.54) is 7.05 Å². The smallest absolute Gasteiger partial charge is 0.369 e. The molecule has 3 N–H and O–H groups in total. The van der Waals surface area contributed by atoms with Gasteiger partial charge in [-0.1, -0.05) is 5.21 Å². The van der Waals surface area contributed by atoms with Crippen LogP contribution in [0.3, 0.4) is 0 Å². The van der Waals surface area contributed by atoms with Gasteiger partial charge in [-0.3, -0.25) is 4.79 Å². The van der Waals surface area contributed by atoms with Gasteiger partial charge in [0.05, 0.1) is 5.69 Å². The molecule has 0 radical (unpaired) electrons. The van der Waals surface area contributed by atoms with Crippen molar-refractivity contribution in [1.29, 1.82) is 0 Å². The number of alkyl halides is 3. The number of carbonyl (C=O) groups excluding carboxylic acids is 1. The molecule has 0 bridgehead atoms. The van der Waals surface area contributed by atoms with E-state index in [0.717, 1.165) is 11.1 Å². The molecule has 2 fully saturated rings. The van der Waals surface area contributed by atoms with Gasteiger partial charge in [0.15, 0.2) is 5.69 Å². The van der Waals surface area contributed by atoms with Crippen LogP contribution in [0.15, 0.2) is 0 Å². The van der Waals surface area contributed by atoms with Gasteiger partial charge in [-0.25, -0.2) is 4.68 Å². The Bertz CT molecular complexity index is 599. The molecule has 6 nitrogen and oxygen atoms in total. The average molecular weight is 317 g/mol. The van der Waals surface area contributed by atoms with E-state index in [9.17, 15) is 18.0 Å². The minimum absolute atomic E-state index is 0.0279. The molecule has 1 aliphatic carbocycles. The van der Waals surface area contributed by atoms with Crippen LogP contribution in [0.4, 0.5) is 13.2 Å². The first-order valence-electron chi connectivity index (χ1n) is 7.23. The zero-order valence-electron chi connectivity index (χ0n) is 12.2. The highest BCUT2D eigenvalue weighted by Gasteiger charge is 2.57. The fourth-order valence-corrected chi connectivity index (χ4v) is 3.58. The fourth-order valence-electron chi connectivity index (χ4n) is 3.58. The molecule has 9 heteroatoms. The van der Waals surface area contributed by atoms with Crippen LogP contribution >= 0.6 is 0 Å². The normalized spacial score (nSPS) is 31.5. The van der Waals surface area contributed by atoms with Gasteiger partial charge >= 0.3 is 6.18 Å². The molecule has 0 aromatic carbocycles. The zero-order chi connectivity index (χ0) is 16.1. The van der Waals surface area contributed by atoms with Crippen LogP contribution in [0.2, 0.25) is 0 Å². The zero-order valence-corrected chi connectivity index (χ0v) is 12.2. The van der Waals surface area contributed by atoms with Crippen LogP contribution < -0.4 is 11.1 Å². The molecule has 3 atom stereocenters. The van der Waals surface area contributed by atoms with Crippen LogP contribution in [-0.2, 0) is 24.4 Å². The number of hydrogen-bond acceptors (Lipinski definition) is 4. The summed E-state index contributed by atoms with van der Waals surface area (Å²) in [5, 5.41) is 10.5. The van der Waals surface area contributed by atoms with E-state index < -0.39 is 11.9 Å². The van der Waals surface area contributed by atoms with Crippen LogP contribution in [-0.4, -0.2) is 33.0 Å². The first-order chi connectivity index (χ1) is 10.2. The summed E-state index contributed by atoms with van der Waals surface area (Å²) in [7, 11) is 1.24. The van der Waals surface area contributed by atoms with E-state index in [1.54, 1.807) is 0 Å². The number of aryl methyl sites for hydroxylation is 1. The highest BCUT2D eigenvalue weighted by molar-refractivity contribution is 5.77. The molecule has 1 amide bonds. The van der Waals surface area contributed by atoms with Gasteiger partial charge in [0.1, 0.15) is 0 Å². The van der Waals surface area contributed by atoms with Crippen molar-refractivity contribution in [3.8, 4) is 0 Å². The van der Waals surface area contributed by atoms with Gasteiger partial charge in [0.2, 0.25) is 5.91 Å². The fraction of sp³-hybridized carbons (Fsp3) is 0.769. The second-order valence-corrected chi connectivity index (χ2v) is 6.29. The van der Waals surface area contributed by atoms with Crippen molar-refractivity contribution in [3.05, 3.63) is 11.4 Å². The summed E-state index contributed by atoms with van der Waals surface area (Å²) < 4.78 is 39.9. The minimum Gasteiger partial charge on any atom is -0.369 e. The van der Waals surface area contributed by atoms with E-state index >= 15 is 0 Å². The van der Waals surface area contributed by atoms with E-state index in [4.69, 9.17) is 5.73 Å². The number of rotatable bonds is 3. The lowest BCUT2D eigenvalue weighted by molar-refractivity contribution is -0.144. The Kier molecular flexibility index (Phi) is 3.42. The second-order valence-electron chi connectivity index (χ2n) is 6.29. The van der Waals surface area contributed by atoms with Gasteiger partial charge in [0.25, 0.3) is 0 Å². The average Bonchev–Trinajstić information content (AvgIpc) is 2.88. The van der Waals surface area contributed by atoms with Crippen molar-refractivity contribution in [2.24, 2.45) is 24.6 Å². The van der Waals surface area contributed by atoms with Gasteiger partial charge in [-0.05, 0) is 38.1 Å². The lowest BCUT2D eigenvalue weighted by atomic mass is 9.88. The van der Waals surface area contributed by atoms with Gasteiger partial charge in [-0.15, -0.1) is 5.10 Å². The summed E-state index contributed by atoms with van der Waals surface area (Å²) >= 11 is 0. The maximum atomic E-state index is 13.0. The van der Waals surface area contributed by atoms with E-state index in [1.807, 2.05) is 0 Å². The summed E-state index contributed by atoms with van der Waals surface area (Å²) in [5.41, 5.74) is 4.27. The van der Waals surface area contributed by atoms with Gasteiger partial charge in [0, 0.05) is 18.5 Å². The molecule has 122 valence electrons. The number of primary amides is 1. The molecular formula is C13H18F3N5O. The van der Waals surface area contributed by atoms with Crippen molar-refractivity contribution in [3.63, 3.8) is 0 Å². The molecule has 3 rings (SSSR count). The third-order valence-electron chi connectivity index (χ3n) is 4.82. The minimum atomic E-state index is -4.47. The Morgan fingerprint density at radius 3 is 2.86 bits per heavy atom. The molecule has 22 heavy (non-hydrogen) atoms. The number of nitrogens with one attached hydrogen (secondary N) is 1. The van der Waals surface area contributed by atoms with Crippen molar-refractivity contribution in [2.75, 3.05) is 6.54 Å². The molecule has 1 spiro atoms. The summed E-state index contributed by atoms with van der Waals surface area (Å²) in [6.07, 6.45) is -2.24. The van der Waals surface area contributed by atoms with E-state index in [0.29, 0.717) is 19.4 Å². The van der Waals surface area contributed by atoms with E-state index in [-0.39, 0.29) is 35.4 Å². The number of halogens is 3. The molecule has 1 saturated carbocycles. The van der Waals surface area contributed by atoms with Crippen LogP contribution in [0.5, 0.6) is 0 Å². The number of piperidine rings is 1. The maximum absolute atomic E-state index is 13.0. The molecular weight excluding hydrogens is 299 g/mol.